The molecule has 0 aliphatic heterocycles. The second kappa shape index (κ2) is 9.28. The summed E-state index contributed by atoms with van der Waals surface area (Å²) < 4.78 is 0. The van der Waals surface area contributed by atoms with Crippen LogP contribution in [0.3, 0.4) is 0 Å². The summed E-state index contributed by atoms with van der Waals surface area (Å²) in [6.07, 6.45) is 0.480. The Labute approximate surface area is 153 Å². The van der Waals surface area contributed by atoms with Crippen LogP contribution in [0.15, 0.2) is 47.4 Å². The van der Waals surface area contributed by atoms with Crippen LogP contribution in [-0.2, 0) is 11.3 Å². The van der Waals surface area contributed by atoms with E-state index in [0.717, 1.165) is 11.3 Å². The fourth-order valence-electron chi connectivity index (χ4n) is 2.27. The van der Waals surface area contributed by atoms with Gasteiger partial charge in [-0.3, -0.25) is 9.59 Å². The molecule has 0 bridgehead atoms. The molecule has 0 heterocycles. The first-order valence-electron chi connectivity index (χ1n) is 8.27. The highest BCUT2D eigenvalue weighted by Gasteiger charge is 2.05. The van der Waals surface area contributed by atoms with Crippen molar-refractivity contribution >= 4 is 23.6 Å². The smallest absolute Gasteiger partial charge is 0.251 e. The summed E-state index contributed by atoms with van der Waals surface area (Å²) in [7, 11) is 1.60. The summed E-state index contributed by atoms with van der Waals surface area (Å²) in [5, 5.41) is 5.50. The molecular formula is C20H24N2O2S. The first-order valence-corrected chi connectivity index (χ1v) is 9.26. The first-order chi connectivity index (χ1) is 12.0. The Bertz CT molecular complexity index is 742. The molecule has 5 heteroatoms. The van der Waals surface area contributed by atoms with Crippen LogP contribution in [0.4, 0.5) is 0 Å². The number of carbonyl (C=O) groups is 2. The maximum absolute atomic E-state index is 12.0. The average molecular weight is 356 g/mol. The fraction of sp³-hybridized carbons (Fsp3) is 0.300. The molecule has 0 unspecified atom stereocenters. The van der Waals surface area contributed by atoms with Crippen LogP contribution < -0.4 is 10.6 Å². The third kappa shape index (κ3) is 5.94. The van der Waals surface area contributed by atoms with Gasteiger partial charge in [0.15, 0.2) is 0 Å². The van der Waals surface area contributed by atoms with E-state index in [9.17, 15) is 9.59 Å². The van der Waals surface area contributed by atoms with Gasteiger partial charge in [0.05, 0.1) is 0 Å². The van der Waals surface area contributed by atoms with E-state index in [1.54, 1.807) is 30.9 Å². The Hall–Kier alpha value is -2.27. The molecule has 0 aromatic heterocycles. The van der Waals surface area contributed by atoms with E-state index in [1.807, 2.05) is 12.1 Å². The lowest BCUT2D eigenvalue weighted by molar-refractivity contribution is -0.120. The Morgan fingerprint density at radius 2 is 1.72 bits per heavy atom. The SMILES string of the molecule is CNC(=O)c1ccc(CNC(=O)CCSc2ccc(C)c(C)c2)cc1. The van der Waals surface area contributed by atoms with E-state index >= 15 is 0 Å². The van der Waals surface area contributed by atoms with Crippen molar-refractivity contribution in [1.29, 1.82) is 0 Å². The quantitative estimate of drug-likeness (QED) is 0.747. The third-order valence-corrected chi connectivity index (χ3v) is 5.00. The van der Waals surface area contributed by atoms with E-state index in [0.29, 0.717) is 18.5 Å². The molecule has 0 spiro atoms. The van der Waals surface area contributed by atoms with Gasteiger partial charge in [-0.05, 0) is 54.8 Å². The number of hydrogen-bond acceptors (Lipinski definition) is 3. The Kier molecular flexibility index (Phi) is 7.07. The van der Waals surface area contributed by atoms with Crippen LogP contribution in [-0.4, -0.2) is 24.6 Å². The highest BCUT2D eigenvalue weighted by molar-refractivity contribution is 7.99. The maximum Gasteiger partial charge on any atom is 0.251 e. The highest BCUT2D eigenvalue weighted by atomic mass is 32.2. The van der Waals surface area contributed by atoms with Gasteiger partial charge in [-0.1, -0.05) is 18.2 Å². The molecule has 0 saturated heterocycles. The summed E-state index contributed by atoms with van der Waals surface area (Å²) in [4.78, 5) is 24.6. The second-order valence-electron chi connectivity index (χ2n) is 5.90. The van der Waals surface area contributed by atoms with Crippen LogP contribution in [0.1, 0.15) is 33.5 Å². The number of aryl methyl sites for hydroxylation is 2. The van der Waals surface area contributed by atoms with E-state index in [-0.39, 0.29) is 11.8 Å². The number of benzene rings is 2. The minimum atomic E-state index is -0.112. The highest BCUT2D eigenvalue weighted by Crippen LogP contribution is 2.21. The minimum absolute atomic E-state index is 0.0340. The Morgan fingerprint density at radius 1 is 1.00 bits per heavy atom. The molecule has 0 radical (unpaired) electrons. The summed E-state index contributed by atoms with van der Waals surface area (Å²) in [6, 6.07) is 13.6. The Morgan fingerprint density at radius 3 is 2.36 bits per heavy atom. The molecule has 2 aromatic rings. The number of hydrogen-bond donors (Lipinski definition) is 2. The standard InChI is InChI=1S/C20H24N2O2S/c1-14-4-9-18(12-15(14)2)25-11-10-19(23)22-13-16-5-7-17(8-6-16)20(24)21-3/h4-9,12H,10-11,13H2,1-3H3,(H,21,24)(H,22,23). The van der Waals surface area contributed by atoms with Crippen molar-refractivity contribution in [2.45, 2.75) is 31.7 Å². The van der Waals surface area contributed by atoms with Gasteiger partial charge in [0.25, 0.3) is 5.91 Å². The number of rotatable bonds is 7. The molecule has 2 amide bonds. The number of carbonyl (C=O) groups excluding carboxylic acids is 2. The normalized spacial score (nSPS) is 10.4. The maximum atomic E-state index is 12.0. The van der Waals surface area contributed by atoms with Gasteiger partial charge in [-0.15, -0.1) is 11.8 Å². The van der Waals surface area contributed by atoms with Gasteiger partial charge in [0.1, 0.15) is 0 Å². The van der Waals surface area contributed by atoms with Crippen molar-refractivity contribution in [3.63, 3.8) is 0 Å². The first kappa shape index (κ1) is 19.1. The van der Waals surface area contributed by atoms with E-state index in [2.05, 4.69) is 42.7 Å². The molecule has 25 heavy (non-hydrogen) atoms. The van der Waals surface area contributed by atoms with Gasteiger partial charge in [0, 0.05) is 36.2 Å². The van der Waals surface area contributed by atoms with Gasteiger partial charge < -0.3 is 10.6 Å². The van der Waals surface area contributed by atoms with Crippen molar-refractivity contribution in [2.75, 3.05) is 12.8 Å². The molecular weight excluding hydrogens is 332 g/mol. The zero-order valence-corrected chi connectivity index (χ0v) is 15.7. The molecule has 2 rings (SSSR count). The molecule has 0 fully saturated rings. The van der Waals surface area contributed by atoms with Gasteiger partial charge in [0.2, 0.25) is 5.91 Å². The fourth-order valence-corrected chi connectivity index (χ4v) is 3.22. The van der Waals surface area contributed by atoms with Crippen molar-refractivity contribution in [3.8, 4) is 0 Å². The van der Waals surface area contributed by atoms with Crippen LogP contribution in [0, 0.1) is 13.8 Å². The van der Waals surface area contributed by atoms with Gasteiger partial charge in [-0.25, -0.2) is 0 Å². The number of thioether (sulfide) groups is 1. The van der Waals surface area contributed by atoms with E-state index in [4.69, 9.17) is 0 Å². The molecule has 0 aliphatic rings. The van der Waals surface area contributed by atoms with Gasteiger partial charge in [-0.2, -0.15) is 0 Å². The molecule has 2 aromatic carbocycles. The van der Waals surface area contributed by atoms with Crippen molar-refractivity contribution < 1.29 is 9.59 Å². The largest absolute Gasteiger partial charge is 0.355 e. The monoisotopic (exact) mass is 356 g/mol. The van der Waals surface area contributed by atoms with Crippen LogP contribution in [0.25, 0.3) is 0 Å². The van der Waals surface area contributed by atoms with Gasteiger partial charge >= 0.3 is 0 Å². The summed E-state index contributed by atoms with van der Waals surface area (Å²) >= 11 is 1.70. The number of nitrogens with one attached hydrogen (secondary N) is 2. The Balaban J connectivity index is 1.73. The lowest BCUT2D eigenvalue weighted by atomic mass is 10.1. The molecule has 0 atom stereocenters. The zero-order valence-electron chi connectivity index (χ0n) is 14.9. The van der Waals surface area contributed by atoms with Crippen LogP contribution >= 0.6 is 11.8 Å². The average Bonchev–Trinajstić information content (AvgIpc) is 2.62. The lowest BCUT2D eigenvalue weighted by Gasteiger charge is -2.07. The summed E-state index contributed by atoms with van der Waals surface area (Å²) in [6.45, 7) is 4.67. The predicted octanol–water partition coefficient (Wildman–Crippen LogP) is 3.46. The summed E-state index contributed by atoms with van der Waals surface area (Å²) in [5.41, 5.74) is 4.14. The topological polar surface area (TPSA) is 58.2 Å². The van der Waals surface area contributed by atoms with Crippen LogP contribution in [0.5, 0.6) is 0 Å². The van der Waals surface area contributed by atoms with Crippen molar-refractivity contribution in [3.05, 3.63) is 64.7 Å². The van der Waals surface area contributed by atoms with Crippen molar-refractivity contribution in [1.82, 2.24) is 10.6 Å². The van der Waals surface area contributed by atoms with Crippen LogP contribution in [0.2, 0.25) is 0 Å². The second-order valence-corrected chi connectivity index (χ2v) is 7.07. The lowest BCUT2D eigenvalue weighted by Crippen LogP contribution is -2.23. The third-order valence-electron chi connectivity index (χ3n) is 4.01. The molecule has 2 N–H and O–H groups in total. The van der Waals surface area contributed by atoms with E-state index < -0.39 is 0 Å². The predicted molar refractivity (Wildman–Crippen MR) is 103 cm³/mol. The van der Waals surface area contributed by atoms with Crippen molar-refractivity contribution in [2.24, 2.45) is 0 Å². The summed E-state index contributed by atoms with van der Waals surface area (Å²) in [5.74, 6) is 0.676. The number of amides is 2. The minimum Gasteiger partial charge on any atom is -0.355 e. The zero-order chi connectivity index (χ0) is 18.2. The van der Waals surface area contributed by atoms with E-state index in [1.165, 1.54) is 16.0 Å². The molecule has 0 saturated carbocycles. The molecule has 0 aliphatic carbocycles. The molecule has 4 nitrogen and oxygen atoms in total. The molecule has 132 valence electrons.